The predicted molar refractivity (Wildman–Crippen MR) is 49.5 cm³/mol. The van der Waals surface area contributed by atoms with Crippen LogP contribution in [0.1, 0.15) is 19.8 Å². The van der Waals surface area contributed by atoms with E-state index < -0.39 is 0 Å². The monoisotopic (exact) mass is 193 g/mol. The number of carbonyl (C=O) groups is 1. The Kier molecular flexibility index (Phi) is 5.25. The molecule has 1 aliphatic rings. The Labute approximate surface area is 79.3 Å². The molecule has 0 aromatic heterocycles. The molecular formula is C8H16ClNO2. The SMILES string of the molecule is COC(=O)C1CCNC(C)C1.Cl. The fraction of sp³-hybridized carbons (Fsp3) is 0.875. The third-order valence-corrected chi connectivity index (χ3v) is 2.16. The summed E-state index contributed by atoms with van der Waals surface area (Å²) in [5, 5.41) is 3.28. The molecule has 4 heteroatoms. The van der Waals surface area contributed by atoms with Gasteiger partial charge in [0.1, 0.15) is 0 Å². The number of rotatable bonds is 1. The van der Waals surface area contributed by atoms with Crippen LogP contribution in [0, 0.1) is 5.92 Å². The Morgan fingerprint density at radius 2 is 2.25 bits per heavy atom. The zero-order valence-corrected chi connectivity index (χ0v) is 8.32. The summed E-state index contributed by atoms with van der Waals surface area (Å²) in [6, 6.07) is 0.452. The van der Waals surface area contributed by atoms with Gasteiger partial charge < -0.3 is 10.1 Å². The summed E-state index contributed by atoms with van der Waals surface area (Å²) < 4.78 is 4.67. The van der Waals surface area contributed by atoms with Crippen LogP contribution in [0.3, 0.4) is 0 Å². The molecule has 72 valence electrons. The lowest BCUT2D eigenvalue weighted by molar-refractivity contribution is -0.146. The van der Waals surface area contributed by atoms with Gasteiger partial charge in [0, 0.05) is 6.04 Å². The molecule has 0 spiro atoms. The van der Waals surface area contributed by atoms with E-state index in [9.17, 15) is 4.79 Å². The number of carbonyl (C=O) groups excluding carboxylic acids is 1. The van der Waals surface area contributed by atoms with E-state index in [0.29, 0.717) is 6.04 Å². The average Bonchev–Trinajstić information content (AvgIpc) is 2.03. The summed E-state index contributed by atoms with van der Waals surface area (Å²) in [5.74, 6) is 0.0644. The van der Waals surface area contributed by atoms with Gasteiger partial charge in [0.05, 0.1) is 13.0 Å². The van der Waals surface area contributed by atoms with Crippen LogP contribution in [0.5, 0.6) is 0 Å². The van der Waals surface area contributed by atoms with E-state index in [-0.39, 0.29) is 24.3 Å². The van der Waals surface area contributed by atoms with Crippen molar-refractivity contribution in [2.24, 2.45) is 5.92 Å². The van der Waals surface area contributed by atoms with Gasteiger partial charge in [-0.1, -0.05) is 0 Å². The molecule has 2 atom stereocenters. The molecular weight excluding hydrogens is 178 g/mol. The maximum atomic E-state index is 11.1. The van der Waals surface area contributed by atoms with Gasteiger partial charge in [0.2, 0.25) is 0 Å². The zero-order valence-electron chi connectivity index (χ0n) is 7.50. The number of esters is 1. The van der Waals surface area contributed by atoms with Gasteiger partial charge in [0.15, 0.2) is 0 Å². The number of hydrogen-bond donors (Lipinski definition) is 1. The third kappa shape index (κ3) is 2.99. The van der Waals surface area contributed by atoms with Gasteiger partial charge in [0.25, 0.3) is 0 Å². The van der Waals surface area contributed by atoms with Crippen molar-refractivity contribution in [3.05, 3.63) is 0 Å². The highest BCUT2D eigenvalue weighted by Crippen LogP contribution is 2.16. The number of ether oxygens (including phenoxy) is 1. The Morgan fingerprint density at radius 1 is 1.58 bits per heavy atom. The molecule has 0 amide bonds. The van der Waals surface area contributed by atoms with E-state index in [1.165, 1.54) is 7.11 Å². The summed E-state index contributed by atoms with van der Waals surface area (Å²) in [6.07, 6.45) is 1.82. The molecule has 1 N–H and O–H groups in total. The number of piperidine rings is 1. The molecule has 1 rings (SSSR count). The highest BCUT2D eigenvalue weighted by Gasteiger charge is 2.24. The molecule has 3 nitrogen and oxygen atoms in total. The van der Waals surface area contributed by atoms with Crippen LogP contribution in [-0.2, 0) is 9.53 Å². The van der Waals surface area contributed by atoms with E-state index in [2.05, 4.69) is 17.0 Å². The fourth-order valence-electron chi connectivity index (χ4n) is 1.51. The minimum atomic E-state index is -0.0571. The van der Waals surface area contributed by atoms with Crippen LogP contribution in [0.2, 0.25) is 0 Å². The highest BCUT2D eigenvalue weighted by molar-refractivity contribution is 5.85. The molecule has 1 fully saturated rings. The second-order valence-electron chi connectivity index (χ2n) is 3.10. The second kappa shape index (κ2) is 5.38. The van der Waals surface area contributed by atoms with E-state index >= 15 is 0 Å². The van der Waals surface area contributed by atoms with Crippen molar-refractivity contribution in [1.82, 2.24) is 5.32 Å². The molecule has 0 saturated carbocycles. The van der Waals surface area contributed by atoms with E-state index in [1.54, 1.807) is 0 Å². The molecule has 1 saturated heterocycles. The molecule has 1 aliphatic heterocycles. The van der Waals surface area contributed by atoms with Gasteiger partial charge in [-0.2, -0.15) is 0 Å². The van der Waals surface area contributed by atoms with Crippen molar-refractivity contribution < 1.29 is 9.53 Å². The molecule has 0 aromatic carbocycles. The standard InChI is InChI=1S/C8H15NO2.ClH/c1-6-5-7(3-4-9-6)8(10)11-2;/h6-7,9H,3-5H2,1-2H3;1H. The minimum Gasteiger partial charge on any atom is -0.469 e. The van der Waals surface area contributed by atoms with Gasteiger partial charge in [-0.3, -0.25) is 4.79 Å². The first-order valence-corrected chi connectivity index (χ1v) is 4.05. The Morgan fingerprint density at radius 3 is 2.75 bits per heavy atom. The second-order valence-corrected chi connectivity index (χ2v) is 3.10. The van der Waals surface area contributed by atoms with Crippen LogP contribution < -0.4 is 5.32 Å². The van der Waals surface area contributed by atoms with Crippen molar-refractivity contribution in [1.29, 1.82) is 0 Å². The van der Waals surface area contributed by atoms with Crippen LogP contribution in [0.15, 0.2) is 0 Å². The molecule has 12 heavy (non-hydrogen) atoms. The fourth-order valence-corrected chi connectivity index (χ4v) is 1.51. The lowest BCUT2D eigenvalue weighted by atomic mass is 9.93. The first kappa shape index (κ1) is 11.7. The molecule has 0 radical (unpaired) electrons. The number of methoxy groups -OCH3 is 1. The maximum absolute atomic E-state index is 11.1. The van der Waals surface area contributed by atoms with Gasteiger partial charge in [-0.05, 0) is 26.3 Å². The van der Waals surface area contributed by atoms with Crippen molar-refractivity contribution in [3.63, 3.8) is 0 Å². The van der Waals surface area contributed by atoms with Crippen molar-refractivity contribution in [2.75, 3.05) is 13.7 Å². The summed E-state index contributed by atoms with van der Waals surface area (Å²) >= 11 is 0. The van der Waals surface area contributed by atoms with Crippen LogP contribution in [0.25, 0.3) is 0 Å². The van der Waals surface area contributed by atoms with E-state index in [4.69, 9.17) is 0 Å². The number of hydrogen-bond acceptors (Lipinski definition) is 3. The Hall–Kier alpha value is -0.280. The van der Waals surface area contributed by atoms with Gasteiger partial charge in [-0.25, -0.2) is 0 Å². The lowest BCUT2D eigenvalue weighted by Gasteiger charge is -2.25. The average molecular weight is 194 g/mol. The third-order valence-electron chi connectivity index (χ3n) is 2.16. The molecule has 0 aromatic rings. The predicted octanol–water partition coefficient (Wildman–Crippen LogP) is 0.969. The van der Waals surface area contributed by atoms with Crippen LogP contribution >= 0.6 is 12.4 Å². The summed E-state index contributed by atoms with van der Waals surface area (Å²) in [7, 11) is 1.45. The van der Waals surface area contributed by atoms with Crippen molar-refractivity contribution >= 4 is 18.4 Å². The maximum Gasteiger partial charge on any atom is 0.308 e. The Balaban J connectivity index is 0.00000121. The van der Waals surface area contributed by atoms with Gasteiger partial charge >= 0.3 is 5.97 Å². The van der Waals surface area contributed by atoms with E-state index in [1.807, 2.05) is 0 Å². The molecule has 2 unspecified atom stereocenters. The first-order valence-electron chi connectivity index (χ1n) is 4.05. The quantitative estimate of drug-likeness (QED) is 0.631. The normalized spacial score (nSPS) is 28.8. The summed E-state index contributed by atoms with van der Waals surface area (Å²) in [4.78, 5) is 11.1. The summed E-state index contributed by atoms with van der Waals surface area (Å²) in [6.45, 7) is 3.02. The minimum absolute atomic E-state index is 0. The number of nitrogens with one attached hydrogen (secondary N) is 1. The largest absolute Gasteiger partial charge is 0.469 e. The van der Waals surface area contributed by atoms with Crippen LogP contribution in [-0.4, -0.2) is 25.7 Å². The lowest BCUT2D eigenvalue weighted by Crippen LogP contribution is -2.38. The van der Waals surface area contributed by atoms with Crippen molar-refractivity contribution in [3.8, 4) is 0 Å². The zero-order chi connectivity index (χ0) is 8.27. The topological polar surface area (TPSA) is 38.3 Å². The molecule has 0 bridgehead atoms. The van der Waals surface area contributed by atoms with Crippen molar-refractivity contribution in [2.45, 2.75) is 25.8 Å². The molecule has 0 aliphatic carbocycles. The Bertz CT molecular complexity index is 152. The van der Waals surface area contributed by atoms with Crippen LogP contribution in [0.4, 0.5) is 0 Å². The van der Waals surface area contributed by atoms with E-state index in [0.717, 1.165) is 19.4 Å². The smallest absolute Gasteiger partial charge is 0.308 e. The first-order chi connectivity index (χ1) is 5.24. The highest BCUT2D eigenvalue weighted by atomic mass is 35.5. The summed E-state index contributed by atoms with van der Waals surface area (Å²) in [5.41, 5.74) is 0. The van der Waals surface area contributed by atoms with Gasteiger partial charge in [-0.15, -0.1) is 12.4 Å². The number of halogens is 1. The molecule has 1 heterocycles.